The summed E-state index contributed by atoms with van der Waals surface area (Å²) >= 11 is 7.39. The molecular weight excluding hydrogens is 494 g/mol. The van der Waals surface area contributed by atoms with Crippen molar-refractivity contribution in [2.75, 3.05) is 13.2 Å². The van der Waals surface area contributed by atoms with Crippen molar-refractivity contribution in [2.45, 2.75) is 6.92 Å². The van der Waals surface area contributed by atoms with Gasteiger partial charge in [-0.2, -0.15) is 4.99 Å². The van der Waals surface area contributed by atoms with Gasteiger partial charge in [0.1, 0.15) is 30.5 Å². The second-order valence-electron chi connectivity index (χ2n) is 8.11. The van der Waals surface area contributed by atoms with Gasteiger partial charge in [0.2, 0.25) is 0 Å². The number of aliphatic imine (C=N–C) groups is 1. The fourth-order valence-corrected chi connectivity index (χ4v) is 4.77. The molecule has 0 saturated heterocycles. The molecular formula is C28H22ClN3O3S. The Labute approximate surface area is 218 Å². The lowest BCUT2D eigenvalue weighted by molar-refractivity contribution is -0.114. The highest BCUT2D eigenvalue weighted by atomic mass is 35.5. The number of amidine groups is 2. The zero-order valence-corrected chi connectivity index (χ0v) is 21.0. The molecule has 3 aromatic rings. The van der Waals surface area contributed by atoms with Crippen LogP contribution in [0.15, 0.2) is 88.8 Å². The predicted molar refractivity (Wildman–Crippen MR) is 146 cm³/mol. The van der Waals surface area contributed by atoms with E-state index in [0.29, 0.717) is 29.2 Å². The van der Waals surface area contributed by atoms with Gasteiger partial charge in [0.15, 0.2) is 5.17 Å². The Balaban J connectivity index is 1.23. The molecule has 36 heavy (non-hydrogen) atoms. The number of thioether (sulfide) groups is 1. The molecule has 3 aromatic carbocycles. The van der Waals surface area contributed by atoms with Crippen LogP contribution in [0.5, 0.6) is 11.5 Å². The van der Waals surface area contributed by atoms with E-state index in [-0.39, 0.29) is 11.4 Å². The fourth-order valence-electron chi connectivity index (χ4n) is 3.77. The summed E-state index contributed by atoms with van der Waals surface area (Å²) in [4.78, 5) is 18.6. The largest absolute Gasteiger partial charge is 0.490 e. The van der Waals surface area contributed by atoms with Crippen molar-refractivity contribution in [1.29, 1.82) is 5.41 Å². The SMILES string of the molecule is Cc1cc(OCCOc2ccc(/C=C3/C(=N)N4C(c5ccccc5)=CSC4=NC3=O)cc2)ccc1Cl. The molecule has 0 spiro atoms. The lowest BCUT2D eigenvalue weighted by Crippen LogP contribution is -2.38. The van der Waals surface area contributed by atoms with Crippen molar-refractivity contribution in [3.05, 3.63) is 105 Å². The highest BCUT2D eigenvalue weighted by molar-refractivity contribution is 8.17. The van der Waals surface area contributed by atoms with Gasteiger partial charge >= 0.3 is 0 Å². The Bertz CT molecular complexity index is 1420. The number of hydrogen-bond donors (Lipinski definition) is 1. The summed E-state index contributed by atoms with van der Waals surface area (Å²) in [5.74, 6) is 1.12. The second-order valence-corrected chi connectivity index (χ2v) is 9.35. The average Bonchev–Trinajstić information content (AvgIpc) is 3.32. The van der Waals surface area contributed by atoms with E-state index in [1.54, 1.807) is 11.0 Å². The van der Waals surface area contributed by atoms with Crippen LogP contribution in [0.2, 0.25) is 5.02 Å². The Morgan fingerprint density at radius 3 is 2.42 bits per heavy atom. The van der Waals surface area contributed by atoms with Gasteiger partial charge in [-0.05, 0) is 60.0 Å². The van der Waals surface area contributed by atoms with Gasteiger partial charge < -0.3 is 9.47 Å². The maximum Gasteiger partial charge on any atom is 0.283 e. The number of nitrogens with one attached hydrogen (secondary N) is 1. The van der Waals surface area contributed by atoms with Crippen LogP contribution in [0.3, 0.4) is 0 Å². The Morgan fingerprint density at radius 1 is 1.00 bits per heavy atom. The zero-order chi connectivity index (χ0) is 25.1. The first-order valence-corrected chi connectivity index (χ1v) is 12.5. The molecule has 0 radical (unpaired) electrons. The lowest BCUT2D eigenvalue weighted by Gasteiger charge is -2.26. The molecule has 0 bridgehead atoms. The van der Waals surface area contributed by atoms with E-state index in [4.69, 9.17) is 26.5 Å². The number of benzene rings is 3. The van der Waals surface area contributed by atoms with Crippen molar-refractivity contribution in [3.8, 4) is 11.5 Å². The minimum atomic E-state index is -0.420. The summed E-state index contributed by atoms with van der Waals surface area (Å²) < 4.78 is 11.5. The minimum Gasteiger partial charge on any atom is -0.490 e. The van der Waals surface area contributed by atoms with Gasteiger partial charge in [-0.15, -0.1) is 0 Å². The smallest absolute Gasteiger partial charge is 0.283 e. The van der Waals surface area contributed by atoms with Crippen LogP contribution in [0.4, 0.5) is 0 Å². The average molecular weight is 516 g/mol. The normalized spacial score (nSPS) is 16.1. The van der Waals surface area contributed by atoms with Crippen molar-refractivity contribution in [1.82, 2.24) is 4.90 Å². The summed E-state index contributed by atoms with van der Waals surface area (Å²) in [6.07, 6.45) is 1.69. The maximum absolute atomic E-state index is 12.7. The van der Waals surface area contributed by atoms with Crippen molar-refractivity contribution in [3.63, 3.8) is 0 Å². The molecule has 2 heterocycles. The third kappa shape index (κ3) is 5.08. The molecule has 8 heteroatoms. The third-order valence-electron chi connectivity index (χ3n) is 5.63. The summed E-state index contributed by atoms with van der Waals surface area (Å²) in [5, 5.41) is 11.9. The van der Waals surface area contributed by atoms with Gasteiger partial charge in [-0.1, -0.05) is 65.8 Å². The number of halogens is 1. The van der Waals surface area contributed by atoms with E-state index in [1.807, 2.05) is 85.1 Å². The molecule has 1 N–H and O–H groups in total. The highest BCUT2D eigenvalue weighted by Crippen LogP contribution is 2.37. The molecule has 0 aromatic heterocycles. The van der Waals surface area contributed by atoms with Gasteiger partial charge in [0.05, 0.1) is 11.3 Å². The van der Waals surface area contributed by atoms with Gasteiger partial charge in [0.25, 0.3) is 5.91 Å². The molecule has 2 aliphatic heterocycles. The van der Waals surface area contributed by atoms with Crippen molar-refractivity contribution >= 4 is 52.0 Å². The van der Waals surface area contributed by atoms with Crippen molar-refractivity contribution in [2.24, 2.45) is 4.99 Å². The fraction of sp³-hybridized carbons (Fsp3) is 0.107. The van der Waals surface area contributed by atoms with E-state index >= 15 is 0 Å². The first-order chi connectivity index (χ1) is 17.5. The molecule has 1 amide bonds. The number of carbonyl (C=O) groups is 1. The van der Waals surface area contributed by atoms with Crippen LogP contribution in [0, 0.1) is 12.3 Å². The van der Waals surface area contributed by atoms with E-state index < -0.39 is 5.91 Å². The van der Waals surface area contributed by atoms with E-state index in [1.165, 1.54) is 11.8 Å². The van der Waals surface area contributed by atoms with E-state index in [9.17, 15) is 4.79 Å². The standard InChI is InChI=1S/C28H22ClN3O3S/c1-18-15-22(11-12-24(18)29)35-14-13-34-21-9-7-19(8-10-21)16-23-26(30)32-25(20-5-3-2-4-6-20)17-36-28(32)31-27(23)33/h2-12,15-17,30H,13-14H2,1H3/b23-16-,30-26?. The number of ether oxygens (including phenoxy) is 2. The van der Waals surface area contributed by atoms with Crippen LogP contribution in [0.1, 0.15) is 16.7 Å². The van der Waals surface area contributed by atoms with E-state index in [0.717, 1.165) is 28.1 Å². The van der Waals surface area contributed by atoms with Crippen LogP contribution < -0.4 is 9.47 Å². The monoisotopic (exact) mass is 515 g/mol. The van der Waals surface area contributed by atoms with Gasteiger partial charge in [-0.3, -0.25) is 15.1 Å². The molecule has 0 aliphatic carbocycles. The first kappa shape index (κ1) is 23.9. The number of nitrogens with zero attached hydrogens (tertiary/aromatic N) is 2. The quantitative estimate of drug-likeness (QED) is 0.290. The molecule has 6 nitrogen and oxygen atoms in total. The van der Waals surface area contributed by atoms with Crippen LogP contribution in [-0.4, -0.2) is 35.0 Å². The van der Waals surface area contributed by atoms with E-state index in [2.05, 4.69) is 4.99 Å². The number of rotatable bonds is 7. The lowest BCUT2D eigenvalue weighted by atomic mass is 10.1. The first-order valence-electron chi connectivity index (χ1n) is 11.3. The third-order valence-corrected chi connectivity index (χ3v) is 6.88. The summed E-state index contributed by atoms with van der Waals surface area (Å²) in [5.41, 5.74) is 3.78. The maximum atomic E-state index is 12.7. The molecule has 0 saturated carbocycles. The Morgan fingerprint density at radius 2 is 1.69 bits per heavy atom. The van der Waals surface area contributed by atoms with Crippen LogP contribution >= 0.6 is 23.4 Å². The Kier molecular flexibility index (Phi) is 6.93. The Hall–Kier alpha value is -3.81. The predicted octanol–water partition coefficient (Wildman–Crippen LogP) is 6.41. The summed E-state index contributed by atoms with van der Waals surface area (Å²) in [7, 11) is 0. The summed E-state index contributed by atoms with van der Waals surface area (Å²) in [6, 6.07) is 22.6. The number of carbonyl (C=O) groups excluding carboxylic acids is 1. The number of hydrogen-bond acceptors (Lipinski definition) is 5. The molecule has 0 unspecified atom stereocenters. The number of aryl methyl sites for hydroxylation is 1. The minimum absolute atomic E-state index is 0.111. The highest BCUT2D eigenvalue weighted by Gasteiger charge is 2.36. The molecule has 2 aliphatic rings. The molecule has 180 valence electrons. The van der Waals surface area contributed by atoms with Crippen LogP contribution in [0.25, 0.3) is 11.8 Å². The second kappa shape index (κ2) is 10.4. The number of fused-ring (bicyclic) bond motifs is 1. The molecule has 0 fully saturated rings. The van der Waals surface area contributed by atoms with Gasteiger partial charge in [-0.25, -0.2) is 0 Å². The van der Waals surface area contributed by atoms with Crippen molar-refractivity contribution < 1.29 is 14.3 Å². The zero-order valence-electron chi connectivity index (χ0n) is 19.4. The number of amides is 1. The summed E-state index contributed by atoms with van der Waals surface area (Å²) in [6.45, 7) is 2.70. The van der Waals surface area contributed by atoms with Gasteiger partial charge in [0, 0.05) is 10.4 Å². The molecule has 0 atom stereocenters. The topological polar surface area (TPSA) is 75.0 Å². The van der Waals surface area contributed by atoms with Crippen LogP contribution in [-0.2, 0) is 4.79 Å². The molecule has 5 rings (SSSR count).